The average molecular weight is 488 g/mol. The Kier molecular flexibility index (Phi) is 7.34. The minimum Gasteiger partial charge on any atom is -0.433 e. The van der Waals surface area contributed by atoms with Crippen LogP contribution in [0.5, 0.6) is 0 Å². The Morgan fingerprint density at radius 3 is 2.68 bits per heavy atom. The van der Waals surface area contributed by atoms with Crippen molar-refractivity contribution in [1.29, 1.82) is 0 Å². The second kappa shape index (κ2) is 9.87. The first kappa shape index (κ1) is 25.3. The topological polar surface area (TPSA) is 144 Å². The Labute approximate surface area is 190 Å². The summed E-state index contributed by atoms with van der Waals surface area (Å²) < 4.78 is 46.2. The highest BCUT2D eigenvalue weighted by molar-refractivity contribution is 5.77. The quantitative estimate of drug-likeness (QED) is 0.314. The Morgan fingerprint density at radius 1 is 1.35 bits per heavy atom. The third kappa shape index (κ3) is 4.79. The van der Waals surface area contributed by atoms with E-state index in [-0.39, 0.29) is 36.7 Å². The molecular weight excluding hydrogens is 465 g/mol. The summed E-state index contributed by atoms with van der Waals surface area (Å²) in [4.78, 5) is 42.8. The summed E-state index contributed by atoms with van der Waals surface area (Å²) in [6, 6.07) is 0. The van der Waals surface area contributed by atoms with E-state index in [1.807, 2.05) is 0 Å². The van der Waals surface area contributed by atoms with Gasteiger partial charge in [0.25, 0.3) is 5.56 Å². The van der Waals surface area contributed by atoms with Gasteiger partial charge in [0.1, 0.15) is 0 Å². The lowest BCUT2D eigenvalue weighted by Crippen LogP contribution is -2.55. The smallest absolute Gasteiger partial charge is 0.433 e. The number of aromatic nitrogens is 4. The molecule has 2 unspecified atom stereocenters. The number of nitrogens with zero attached hydrogens (tertiary/aromatic N) is 5. The van der Waals surface area contributed by atoms with Crippen LogP contribution in [0.25, 0.3) is 11.2 Å². The number of aliphatic hydroxyl groups is 2. The van der Waals surface area contributed by atoms with Gasteiger partial charge in [0, 0.05) is 20.1 Å². The van der Waals surface area contributed by atoms with Crippen molar-refractivity contribution >= 4 is 23.1 Å². The third-order valence-electron chi connectivity index (χ3n) is 5.16. The molecule has 0 radical (unpaired) electrons. The zero-order chi connectivity index (χ0) is 25.2. The fraction of sp³-hybridized carbons (Fsp3) is 0.579. The highest BCUT2D eigenvalue weighted by Gasteiger charge is 2.44. The van der Waals surface area contributed by atoms with E-state index in [2.05, 4.69) is 26.9 Å². The molecule has 0 aliphatic carbocycles. The lowest BCUT2D eigenvalue weighted by molar-refractivity contribution is -0.205. The van der Waals surface area contributed by atoms with Crippen LogP contribution in [0.15, 0.2) is 9.59 Å². The number of imidazole rings is 1. The molecule has 0 spiro atoms. The molecule has 34 heavy (non-hydrogen) atoms. The Balaban J connectivity index is 2.24. The number of anilines is 1. The maximum atomic E-state index is 13.0. The van der Waals surface area contributed by atoms with Crippen molar-refractivity contribution in [1.82, 2.24) is 24.0 Å². The minimum absolute atomic E-state index is 0.0471. The molecule has 2 aromatic heterocycles. The maximum absolute atomic E-state index is 13.0. The molecule has 1 fully saturated rings. The summed E-state index contributed by atoms with van der Waals surface area (Å²) in [5, 5.41) is 21.9. The summed E-state index contributed by atoms with van der Waals surface area (Å²) in [6.07, 6.45) is -7.98. The predicted molar refractivity (Wildman–Crippen MR) is 112 cm³/mol. The molecule has 0 bridgehead atoms. The number of esters is 1. The lowest BCUT2D eigenvalue weighted by atomic mass is 10.3. The SMILES string of the molecule is CC#CCn1c(N2CCNCC2OC(=O)C(F)(F)F)nc2c1c(=O)n(C)c(=O)n2CC(O)CO. The molecule has 15 heteroatoms. The molecule has 1 aliphatic heterocycles. The predicted octanol–water partition coefficient (Wildman–Crippen LogP) is -1.89. The van der Waals surface area contributed by atoms with Crippen molar-refractivity contribution in [2.24, 2.45) is 7.05 Å². The molecule has 186 valence electrons. The summed E-state index contributed by atoms with van der Waals surface area (Å²) in [5.41, 5.74) is -1.81. The largest absolute Gasteiger partial charge is 0.491 e. The molecule has 1 saturated heterocycles. The van der Waals surface area contributed by atoms with Gasteiger partial charge in [0.15, 0.2) is 17.4 Å². The lowest BCUT2D eigenvalue weighted by Gasteiger charge is -2.36. The van der Waals surface area contributed by atoms with Crippen LogP contribution in [0.2, 0.25) is 0 Å². The highest BCUT2D eigenvalue weighted by atomic mass is 19.4. The monoisotopic (exact) mass is 488 g/mol. The number of aliphatic hydroxyl groups excluding tert-OH is 2. The van der Waals surface area contributed by atoms with Crippen molar-refractivity contribution in [2.75, 3.05) is 31.1 Å². The molecule has 3 N–H and O–H groups in total. The number of carbonyl (C=O) groups is 1. The van der Waals surface area contributed by atoms with Gasteiger partial charge in [0.05, 0.1) is 32.3 Å². The van der Waals surface area contributed by atoms with E-state index in [1.165, 1.54) is 16.5 Å². The maximum Gasteiger partial charge on any atom is 0.491 e. The molecule has 1 aliphatic rings. The molecule has 3 heterocycles. The number of fused-ring (bicyclic) bond motifs is 1. The van der Waals surface area contributed by atoms with Crippen LogP contribution in [0.3, 0.4) is 0 Å². The number of hydrogen-bond donors (Lipinski definition) is 3. The van der Waals surface area contributed by atoms with Crippen LogP contribution in [0.1, 0.15) is 6.92 Å². The third-order valence-corrected chi connectivity index (χ3v) is 5.16. The molecule has 12 nitrogen and oxygen atoms in total. The van der Waals surface area contributed by atoms with E-state index in [0.29, 0.717) is 6.54 Å². The van der Waals surface area contributed by atoms with Gasteiger partial charge < -0.3 is 25.2 Å². The highest BCUT2D eigenvalue weighted by Crippen LogP contribution is 2.25. The zero-order valence-corrected chi connectivity index (χ0v) is 18.3. The van der Waals surface area contributed by atoms with Crippen LogP contribution >= 0.6 is 0 Å². The molecule has 2 atom stereocenters. The van der Waals surface area contributed by atoms with Gasteiger partial charge in [-0.1, -0.05) is 5.92 Å². The molecular formula is C19H23F3N6O6. The Bertz CT molecular complexity index is 1250. The van der Waals surface area contributed by atoms with Crippen LogP contribution in [-0.2, 0) is 29.7 Å². The summed E-state index contributed by atoms with van der Waals surface area (Å²) >= 11 is 0. The molecule has 0 saturated carbocycles. The van der Waals surface area contributed by atoms with Gasteiger partial charge in [-0.3, -0.25) is 18.5 Å². The number of ether oxygens (including phenoxy) is 1. The van der Waals surface area contributed by atoms with Gasteiger partial charge in [0.2, 0.25) is 5.95 Å². The number of hydrogen-bond acceptors (Lipinski definition) is 9. The van der Waals surface area contributed by atoms with Crippen molar-refractivity contribution in [2.45, 2.75) is 38.5 Å². The summed E-state index contributed by atoms with van der Waals surface area (Å²) in [5.74, 6) is 2.97. The van der Waals surface area contributed by atoms with E-state index < -0.39 is 48.9 Å². The zero-order valence-electron chi connectivity index (χ0n) is 18.3. The second-order valence-electron chi connectivity index (χ2n) is 7.45. The van der Waals surface area contributed by atoms with Crippen molar-refractivity contribution in [3.8, 4) is 11.8 Å². The number of carbonyl (C=O) groups excluding carboxylic acids is 1. The van der Waals surface area contributed by atoms with Gasteiger partial charge in [-0.2, -0.15) is 18.2 Å². The standard InChI is InChI=1S/C19H23F3N6O6/c1-3-4-6-27-13-14(28(9-11(30)10-29)18(33)25(2)15(13)31)24-17(27)26-7-5-23-8-12(26)34-16(32)19(20,21)22/h11-12,23,29-30H,5-10H2,1-2H3. The first-order valence-electron chi connectivity index (χ1n) is 10.1. The van der Waals surface area contributed by atoms with Crippen LogP contribution in [-0.4, -0.2) is 79.6 Å². The normalized spacial score (nSPS) is 17.4. The first-order chi connectivity index (χ1) is 16.0. The summed E-state index contributed by atoms with van der Waals surface area (Å²) in [7, 11) is 1.22. The van der Waals surface area contributed by atoms with Gasteiger partial charge in [-0.05, 0) is 6.92 Å². The Morgan fingerprint density at radius 2 is 2.06 bits per heavy atom. The van der Waals surface area contributed by atoms with E-state index in [0.717, 1.165) is 9.13 Å². The van der Waals surface area contributed by atoms with E-state index in [1.54, 1.807) is 6.92 Å². The van der Waals surface area contributed by atoms with Gasteiger partial charge in [-0.25, -0.2) is 9.59 Å². The van der Waals surface area contributed by atoms with Crippen molar-refractivity contribution in [3.05, 3.63) is 20.8 Å². The first-order valence-corrected chi connectivity index (χ1v) is 10.1. The number of rotatable bonds is 6. The molecule has 2 aromatic rings. The molecule has 0 aromatic carbocycles. The molecule has 3 rings (SSSR count). The number of alkyl halides is 3. The number of piperazine rings is 1. The van der Waals surface area contributed by atoms with Gasteiger partial charge in [-0.15, -0.1) is 5.92 Å². The summed E-state index contributed by atoms with van der Waals surface area (Å²) in [6.45, 7) is 0.575. The fourth-order valence-corrected chi connectivity index (χ4v) is 3.51. The van der Waals surface area contributed by atoms with E-state index >= 15 is 0 Å². The van der Waals surface area contributed by atoms with Gasteiger partial charge >= 0.3 is 17.8 Å². The van der Waals surface area contributed by atoms with E-state index in [9.17, 15) is 37.8 Å². The van der Waals surface area contributed by atoms with E-state index in [4.69, 9.17) is 0 Å². The van der Waals surface area contributed by atoms with Crippen LogP contribution in [0, 0.1) is 11.8 Å². The minimum atomic E-state index is -5.21. The number of nitrogens with one attached hydrogen (secondary N) is 1. The van der Waals surface area contributed by atoms with Crippen molar-refractivity contribution in [3.63, 3.8) is 0 Å². The average Bonchev–Trinajstić information content (AvgIpc) is 3.17. The molecule has 0 amide bonds. The Hall–Kier alpha value is -3.35. The van der Waals surface area contributed by atoms with Crippen LogP contribution in [0.4, 0.5) is 19.1 Å². The van der Waals surface area contributed by atoms with Crippen LogP contribution < -0.4 is 21.5 Å². The second-order valence-corrected chi connectivity index (χ2v) is 7.45. The number of halogens is 3. The fourth-order valence-electron chi connectivity index (χ4n) is 3.51. The van der Waals surface area contributed by atoms with Crippen molar-refractivity contribution < 1.29 is 32.9 Å².